The van der Waals surface area contributed by atoms with Crippen LogP contribution in [0.25, 0.3) is 11.4 Å². The number of nitrogens with one attached hydrogen (secondary N) is 2. The van der Waals surface area contributed by atoms with Crippen LogP contribution in [0.1, 0.15) is 22.0 Å². The summed E-state index contributed by atoms with van der Waals surface area (Å²) in [5.41, 5.74) is 1.27. The van der Waals surface area contributed by atoms with E-state index in [1.807, 2.05) is 0 Å². The molecule has 3 rings (SSSR count). The second-order valence-electron chi connectivity index (χ2n) is 5.16. The van der Waals surface area contributed by atoms with Crippen molar-refractivity contribution in [1.29, 1.82) is 0 Å². The molecule has 0 aliphatic heterocycles. The number of benzene rings is 2. The third-order valence-corrected chi connectivity index (χ3v) is 3.53. The van der Waals surface area contributed by atoms with Crippen molar-refractivity contribution in [1.82, 2.24) is 20.5 Å². The van der Waals surface area contributed by atoms with Gasteiger partial charge in [0.15, 0.2) is 5.82 Å². The van der Waals surface area contributed by atoms with Gasteiger partial charge in [-0.3, -0.25) is 9.89 Å². The number of carbonyl (C=O) groups excluding carboxylic acids is 1. The van der Waals surface area contributed by atoms with Crippen molar-refractivity contribution < 1.29 is 14.3 Å². The molecule has 0 aliphatic carbocycles. The average Bonchev–Trinajstić information content (AvgIpc) is 3.14. The Morgan fingerprint density at radius 1 is 1.25 bits per heavy atom. The van der Waals surface area contributed by atoms with Crippen LogP contribution in [0.5, 0.6) is 0 Å². The zero-order valence-electron chi connectivity index (χ0n) is 12.6. The molecule has 0 bridgehead atoms. The highest BCUT2D eigenvalue weighted by Crippen LogP contribution is 2.17. The lowest BCUT2D eigenvalue weighted by Crippen LogP contribution is -2.28. The van der Waals surface area contributed by atoms with E-state index in [4.69, 9.17) is 0 Å². The van der Waals surface area contributed by atoms with Crippen LogP contribution in [0.15, 0.2) is 54.9 Å². The Labute approximate surface area is 137 Å². The van der Waals surface area contributed by atoms with Crippen molar-refractivity contribution >= 4 is 5.91 Å². The van der Waals surface area contributed by atoms with E-state index >= 15 is 0 Å². The Kier molecular flexibility index (Phi) is 4.62. The number of nitrogens with zero attached hydrogens (tertiary/aromatic N) is 2. The van der Waals surface area contributed by atoms with Gasteiger partial charge in [-0.1, -0.05) is 30.3 Å². The van der Waals surface area contributed by atoms with Crippen molar-refractivity contribution in [3.05, 3.63) is 71.8 Å². The summed E-state index contributed by atoms with van der Waals surface area (Å²) in [6.45, 7) is -0.0910. The van der Waals surface area contributed by atoms with Crippen LogP contribution in [0.2, 0.25) is 0 Å². The minimum absolute atomic E-state index is 0.0910. The number of aliphatic hydroxyl groups excluding tert-OH is 1. The minimum Gasteiger partial charge on any atom is -0.386 e. The first-order chi connectivity index (χ1) is 11.6. The lowest BCUT2D eigenvalue weighted by atomic mass is 10.1. The first-order valence-electron chi connectivity index (χ1n) is 7.31. The smallest absolute Gasteiger partial charge is 0.251 e. The van der Waals surface area contributed by atoms with E-state index in [9.17, 15) is 14.3 Å². The van der Waals surface area contributed by atoms with Crippen molar-refractivity contribution in [3.63, 3.8) is 0 Å². The van der Waals surface area contributed by atoms with E-state index in [0.717, 1.165) is 5.56 Å². The van der Waals surface area contributed by atoms with E-state index in [1.165, 1.54) is 18.5 Å². The number of aromatic nitrogens is 3. The molecule has 0 spiro atoms. The number of hydrogen-bond donors (Lipinski definition) is 3. The van der Waals surface area contributed by atoms with Gasteiger partial charge in [0.1, 0.15) is 12.1 Å². The molecule has 1 amide bonds. The zero-order valence-corrected chi connectivity index (χ0v) is 12.6. The Morgan fingerprint density at radius 3 is 2.83 bits per heavy atom. The second kappa shape index (κ2) is 7.01. The highest BCUT2D eigenvalue weighted by molar-refractivity contribution is 5.95. The molecule has 3 N–H and O–H groups in total. The first kappa shape index (κ1) is 15.8. The Bertz CT molecular complexity index is 836. The van der Waals surface area contributed by atoms with Crippen molar-refractivity contribution in [2.75, 3.05) is 6.54 Å². The maximum absolute atomic E-state index is 13.6. The van der Waals surface area contributed by atoms with Gasteiger partial charge in [-0.2, -0.15) is 5.10 Å². The van der Waals surface area contributed by atoms with E-state index in [0.29, 0.717) is 11.4 Å². The Hall–Kier alpha value is -3.06. The van der Waals surface area contributed by atoms with Gasteiger partial charge in [-0.25, -0.2) is 9.37 Å². The van der Waals surface area contributed by atoms with Gasteiger partial charge in [0.05, 0.1) is 6.10 Å². The zero-order chi connectivity index (χ0) is 16.9. The standard InChI is InChI=1S/C17H15FN4O2/c18-14-7-2-1-6-13(14)15(23)9-19-17(24)12-5-3-4-11(8-12)16-20-10-21-22-16/h1-8,10,15,23H,9H2,(H,19,24)(H,20,21,22). The van der Waals surface area contributed by atoms with E-state index in [-0.39, 0.29) is 18.0 Å². The SMILES string of the molecule is O=C(NCC(O)c1ccccc1F)c1cccc(-c2ncn[nH]2)c1. The molecule has 1 aromatic heterocycles. The van der Waals surface area contributed by atoms with Gasteiger partial charge >= 0.3 is 0 Å². The predicted octanol–water partition coefficient (Wildman–Crippen LogP) is 2.07. The fourth-order valence-electron chi connectivity index (χ4n) is 2.30. The molecule has 0 fully saturated rings. The number of aromatic amines is 1. The molecule has 1 unspecified atom stereocenters. The van der Waals surface area contributed by atoms with Crippen molar-refractivity contribution in [3.8, 4) is 11.4 Å². The van der Waals surface area contributed by atoms with Crippen LogP contribution < -0.4 is 5.32 Å². The first-order valence-corrected chi connectivity index (χ1v) is 7.31. The third kappa shape index (κ3) is 3.47. The summed E-state index contributed by atoms with van der Waals surface area (Å²) in [5, 5.41) is 19.1. The van der Waals surface area contributed by atoms with Gasteiger partial charge in [0.2, 0.25) is 0 Å². The summed E-state index contributed by atoms with van der Waals surface area (Å²) in [5.74, 6) is -0.325. The average molecular weight is 326 g/mol. The summed E-state index contributed by atoms with van der Waals surface area (Å²) >= 11 is 0. The molecule has 1 heterocycles. The van der Waals surface area contributed by atoms with Gasteiger partial charge in [0, 0.05) is 23.2 Å². The molecule has 122 valence electrons. The number of halogens is 1. The number of amides is 1. The molecule has 3 aromatic rings. The third-order valence-electron chi connectivity index (χ3n) is 3.53. The minimum atomic E-state index is -1.12. The summed E-state index contributed by atoms with van der Waals surface area (Å²) in [4.78, 5) is 16.3. The quantitative estimate of drug-likeness (QED) is 0.669. The molecule has 0 saturated heterocycles. The summed E-state index contributed by atoms with van der Waals surface area (Å²) in [7, 11) is 0. The van der Waals surface area contributed by atoms with Crippen LogP contribution in [0.4, 0.5) is 4.39 Å². The maximum atomic E-state index is 13.6. The fourth-order valence-corrected chi connectivity index (χ4v) is 2.30. The lowest BCUT2D eigenvalue weighted by molar-refractivity contribution is 0.0914. The molecule has 0 saturated carbocycles. The topological polar surface area (TPSA) is 90.9 Å². The number of carbonyl (C=O) groups is 1. The summed E-state index contributed by atoms with van der Waals surface area (Å²) in [6.07, 6.45) is 0.264. The lowest BCUT2D eigenvalue weighted by Gasteiger charge is -2.13. The molecule has 7 heteroatoms. The van der Waals surface area contributed by atoms with E-state index in [1.54, 1.807) is 36.4 Å². The molecule has 24 heavy (non-hydrogen) atoms. The Balaban J connectivity index is 1.67. The number of rotatable bonds is 5. The van der Waals surface area contributed by atoms with Crippen LogP contribution in [0, 0.1) is 5.82 Å². The molecular weight excluding hydrogens is 311 g/mol. The van der Waals surface area contributed by atoms with Gasteiger partial charge < -0.3 is 10.4 Å². The maximum Gasteiger partial charge on any atom is 0.251 e. The molecule has 1 atom stereocenters. The van der Waals surface area contributed by atoms with Gasteiger partial charge in [-0.15, -0.1) is 0 Å². The molecule has 2 aromatic carbocycles. The Morgan fingerprint density at radius 2 is 2.08 bits per heavy atom. The highest BCUT2D eigenvalue weighted by Gasteiger charge is 2.14. The van der Waals surface area contributed by atoms with E-state index in [2.05, 4.69) is 20.5 Å². The van der Waals surface area contributed by atoms with Crippen LogP contribution in [0.3, 0.4) is 0 Å². The number of hydrogen-bond acceptors (Lipinski definition) is 4. The summed E-state index contributed by atoms with van der Waals surface area (Å²) < 4.78 is 13.6. The highest BCUT2D eigenvalue weighted by atomic mass is 19.1. The number of aliphatic hydroxyl groups is 1. The van der Waals surface area contributed by atoms with Crippen molar-refractivity contribution in [2.45, 2.75) is 6.10 Å². The van der Waals surface area contributed by atoms with Crippen LogP contribution >= 0.6 is 0 Å². The van der Waals surface area contributed by atoms with Crippen LogP contribution in [-0.2, 0) is 0 Å². The molecular formula is C17H15FN4O2. The largest absolute Gasteiger partial charge is 0.386 e. The number of H-pyrrole nitrogens is 1. The fraction of sp³-hybridized carbons (Fsp3) is 0.118. The normalized spacial score (nSPS) is 11.9. The predicted molar refractivity (Wildman–Crippen MR) is 85.5 cm³/mol. The second-order valence-corrected chi connectivity index (χ2v) is 5.16. The van der Waals surface area contributed by atoms with Crippen LogP contribution in [-0.4, -0.2) is 32.7 Å². The summed E-state index contributed by atoms with van der Waals surface area (Å²) in [6, 6.07) is 12.7. The molecule has 6 nitrogen and oxygen atoms in total. The van der Waals surface area contributed by atoms with E-state index < -0.39 is 11.9 Å². The monoisotopic (exact) mass is 326 g/mol. The van der Waals surface area contributed by atoms with Crippen molar-refractivity contribution in [2.24, 2.45) is 0 Å². The molecule has 0 radical (unpaired) electrons. The molecule has 0 aliphatic rings. The van der Waals surface area contributed by atoms with Gasteiger partial charge in [-0.05, 0) is 18.2 Å². The van der Waals surface area contributed by atoms with Gasteiger partial charge in [0.25, 0.3) is 5.91 Å².